The van der Waals surface area contributed by atoms with Crippen LogP contribution in [0.4, 0.5) is 11.4 Å². The summed E-state index contributed by atoms with van der Waals surface area (Å²) < 4.78 is 0. The van der Waals surface area contributed by atoms with Gasteiger partial charge in [-0.1, -0.05) is 35.9 Å². The average molecular weight is 264 g/mol. The van der Waals surface area contributed by atoms with Crippen LogP contribution in [0.25, 0.3) is 10.9 Å². The number of nitrogens with zero attached hydrogens (tertiary/aromatic N) is 1. The number of fused-ring (bicyclic) bond motifs is 1. The molecule has 0 spiro atoms. The molecule has 3 rings (SSSR count). The number of nitrogens with one attached hydrogen (secondary N) is 1. The zero-order valence-corrected chi connectivity index (χ0v) is 11.6. The number of anilines is 2. The van der Waals surface area contributed by atoms with Crippen molar-refractivity contribution in [3.63, 3.8) is 0 Å². The summed E-state index contributed by atoms with van der Waals surface area (Å²) in [4.78, 5) is 17.0. The standard InChI is InChI=1S/C17H16N2O/c1-12-7-9-14(10-8-12)19(2)16-11-13-5-3-4-6-15(13)18-17(16)20/h3-11H,1-2H3,(H,18,20). The molecule has 0 aliphatic rings. The first kappa shape index (κ1) is 12.5. The van der Waals surface area contributed by atoms with Crippen molar-refractivity contribution in [2.45, 2.75) is 6.92 Å². The van der Waals surface area contributed by atoms with E-state index in [-0.39, 0.29) is 5.56 Å². The average Bonchev–Trinajstić information content (AvgIpc) is 2.46. The molecule has 100 valence electrons. The minimum absolute atomic E-state index is 0.0771. The van der Waals surface area contributed by atoms with Crippen LogP contribution in [0, 0.1) is 6.92 Å². The fraction of sp³-hybridized carbons (Fsp3) is 0.118. The predicted molar refractivity (Wildman–Crippen MR) is 83.8 cm³/mol. The molecule has 0 aliphatic heterocycles. The first-order chi connectivity index (χ1) is 9.65. The Morgan fingerprint density at radius 1 is 1.00 bits per heavy atom. The van der Waals surface area contributed by atoms with Gasteiger partial charge in [-0.25, -0.2) is 0 Å². The number of rotatable bonds is 2. The van der Waals surface area contributed by atoms with Gasteiger partial charge in [0.1, 0.15) is 5.69 Å². The van der Waals surface area contributed by atoms with Crippen LogP contribution in [0.5, 0.6) is 0 Å². The summed E-state index contributed by atoms with van der Waals surface area (Å²) in [7, 11) is 1.91. The lowest BCUT2D eigenvalue weighted by Crippen LogP contribution is -2.20. The van der Waals surface area contributed by atoms with Gasteiger partial charge in [0, 0.05) is 23.6 Å². The normalized spacial score (nSPS) is 10.7. The van der Waals surface area contributed by atoms with Gasteiger partial charge in [0.25, 0.3) is 5.56 Å². The quantitative estimate of drug-likeness (QED) is 0.767. The molecule has 0 atom stereocenters. The van der Waals surface area contributed by atoms with E-state index >= 15 is 0 Å². The van der Waals surface area contributed by atoms with E-state index in [1.54, 1.807) is 0 Å². The maximum Gasteiger partial charge on any atom is 0.272 e. The van der Waals surface area contributed by atoms with E-state index in [1.807, 2.05) is 73.5 Å². The zero-order valence-electron chi connectivity index (χ0n) is 11.6. The second-order valence-corrected chi connectivity index (χ2v) is 4.97. The molecular formula is C17H16N2O. The summed E-state index contributed by atoms with van der Waals surface area (Å²) >= 11 is 0. The minimum Gasteiger partial charge on any atom is -0.340 e. The maximum absolute atomic E-state index is 12.2. The van der Waals surface area contributed by atoms with Crippen LogP contribution in [0.15, 0.2) is 59.4 Å². The maximum atomic E-state index is 12.2. The fourth-order valence-electron chi connectivity index (χ4n) is 2.29. The van der Waals surface area contributed by atoms with E-state index in [9.17, 15) is 4.79 Å². The van der Waals surface area contributed by atoms with E-state index in [2.05, 4.69) is 4.98 Å². The molecule has 2 aromatic carbocycles. The number of hydrogen-bond donors (Lipinski definition) is 1. The summed E-state index contributed by atoms with van der Waals surface area (Å²) in [6.45, 7) is 2.05. The highest BCUT2D eigenvalue weighted by Gasteiger charge is 2.09. The molecule has 3 nitrogen and oxygen atoms in total. The van der Waals surface area contributed by atoms with Crippen molar-refractivity contribution < 1.29 is 0 Å². The van der Waals surface area contributed by atoms with Crippen molar-refractivity contribution in [3.05, 3.63) is 70.5 Å². The highest BCUT2D eigenvalue weighted by molar-refractivity contribution is 5.82. The van der Waals surface area contributed by atoms with E-state index < -0.39 is 0 Å². The number of hydrogen-bond acceptors (Lipinski definition) is 2. The molecular weight excluding hydrogens is 248 g/mol. The smallest absolute Gasteiger partial charge is 0.272 e. The summed E-state index contributed by atoms with van der Waals surface area (Å²) in [6.07, 6.45) is 0. The molecule has 3 aromatic rings. The van der Waals surface area contributed by atoms with Crippen LogP contribution >= 0.6 is 0 Å². The van der Waals surface area contributed by atoms with Crippen molar-refractivity contribution in [1.29, 1.82) is 0 Å². The predicted octanol–water partition coefficient (Wildman–Crippen LogP) is 3.60. The summed E-state index contributed by atoms with van der Waals surface area (Å²) in [5.74, 6) is 0. The molecule has 0 saturated carbocycles. The Morgan fingerprint density at radius 3 is 2.45 bits per heavy atom. The minimum atomic E-state index is -0.0771. The molecule has 0 amide bonds. The lowest BCUT2D eigenvalue weighted by Gasteiger charge is -2.19. The highest BCUT2D eigenvalue weighted by atomic mass is 16.1. The van der Waals surface area contributed by atoms with Crippen LogP contribution in [0.1, 0.15) is 5.56 Å². The third kappa shape index (κ3) is 2.18. The van der Waals surface area contributed by atoms with Crippen molar-refractivity contribution in [3.8, 4) is 0 Å². The molecule has 3 heteroatoms. The van der Waals surface area contributed by atoms with Crippen molar-refractivity contribution >= 4 is 22.3 Å². The SMILES string of the molecule is Cc1ccc(N(C)c2cc3ccccc3[nH]c2=O)cc1. The first-order valence-electron chi connectivity index (χ1n) is 6.57. The summed E-state index contributed by atoms with van der Waals surface area (Å²) in [5.41, 5.74) is 3.63. The van der Waals surface area contributed by atoms with Gasteiger partial charge in [0.15, 0.2) is 0 Å². The number of aryl methyl sites for hydroxylation is 1. The molecule has 0 bridgehead atoms. The van der Waals surface area contributed by atoms with Crippen LogP contribution < -0.4 is 10.5 Å². The number of H-pyrrole nitrogens is 1. The Morgan fingerprint density at radius 2 is 1.70 bits per heavy atom. The number of pyridine rings is 1. The van der Waals surface area contributed by atoms with Gasteiger partial charge in [-0.3, -0.25) is 4.79 Å². The van der Waals surface area contributed by atoms with Gasteiger partial charge in [0.2, 0.25) is 0 Å². The lowest BCUT2D eigenvalue weighted by atomic mass is 10.2. The monoisotopic (exact) mass is 264 g/mol. The van der Waals surface area contributed by atoms with Gasteiger partial charge < -0.3 is 9.88 Å². The van der Waals surface area contributed by atoms with Crippen molar-refractivity contribution in [2.24, 2.45) is 0 Å². The van der Waals surface area contributed by atoms with Gasteiger partial charge in [-0.05, 0) is 31.2 Å². The Bertz CT molecular complexity index is 803. The van der Waals surface area contributed by atoms with Crippen LogP contribution in [0.2, 0.25) is 0 Å². The first-order valence-corrected chi connectivity index (χ1v) is 6.57. The molecule has 1 aromatic heterocycles. The van der Waals surface area contributed by atoms with Crippen LogP contribution in [0.3, 0.4) is 0 Å². The number of para-hydroxylation sites is 1. The third-order valence-electron chi connectivity index (χ3n) is 3.52. The van der Waals surface area contributed by atoms with E-state index in [0.29, 0.717) is 5.69 Å². The summed E-state index contributed by atoms with van der Waals surface area (Å²) in [5, 5.41) is 1.03. The van der Waals surface area contributed by atoms with Crippen LogP contribution in [-0.2, 0) is 0 Å². The lowest BCUT2D eigenvalue weighted by molar-refractivity contribution is 1.15. The molecule has 1 heterocycles. The van der Waals surface area contributed by atoms with E-state index in [0.717, 1.165) is 16.6 Å². The fourth-order valence-corrected chi connectivity index (χ4v) is 2.29. The molecule has 1 N–H and O–H groups in total. The molecule has 0 fully saturated rings. The van der Waals surface area contributed by atoms with Gasteiger partial charge in [-0.15, -0.1) is 0 Å². The Kier molecular flexibility index (Phi) is 3.03. The molecule has 0 saturated heterocycles. The Hall–Kier alpha value is -2.55. The number of aromatic nitrogens is 1. The topological polar surface area (TPSA) is 36.1 Å². The molecule has 20 heavy (non-hydrogen) atoms. The third-order valence-corrected chi connectivity index (χ3v) is 3.52. The van der Waals surface area contributed by atoms with Gasteiger partial charge in [-0.2, -0.15) is 0 Å². The van der Waals surface area contributed by atoms with Crippen molar-refractivity contribution in [1.82, 2.24) is 4.98 Å². The zero-order chi connectivity index (χ0) is 14.1. The molecule has 0 aliphatic carbocycles. The van der Waals surface area contributed by atoms with E-state index in [1.165, 1.54) is 5.56 Å². The summed E-state index contributed by atoms with van der Waals surface area (Å²) in [6, 6.07) is 17.8. The van der Waals surface area contributed by atoms with Crippen molar-refractivity contribution in [2.75, 3.05) is 11.9 Å². The highest BCUT2D eigenvalue weighted by Crippen LogP contribution is 2.23. The van der Waals surface area contributed by atoms with Gasteiger partial charge in [0.05, 0.1) is 0 Å². The number of benzene rings is 2. The Balaban J connectivity index is 2.11. The number of aromatic amines is 1. The second kappa shape index (κ2) is 4.85. The molecule has 0 radical (unpaired) electrons. The largest absolute Gasteiger partial charge is 0.340 e. The second-order valence-electron chi connectivity index (χ2n) is 4.97. The Labute approximate surface area is 117 Å². The van der Waals surface area contributed by atoms with Crippen LogP contribution in [-0.4, -0.2) is 12.0 Å². The molecule has 0 unspecified atom stereocenters. The van der Waals surface area contributed by atoms with E-state index in [4.69, 9.17) is 0 Å². The van der Waals surface area contributed by atoms with Gasteiger partial charge >= 0.3 is 0 Å².